The molecule has 102 valence electrons. The standard InChI is InChI=1S/C12H13ClN2O2S2/c13-12-6-5-10(18-12)7-15-19(16,17)8-9-3-1-2-4-11(9)14/h1-6,15H,7-8,14H2. The molecule has 0 spiro atoms. The van der Waals surface area contributed by atoms with Crippen molar-refractivity contribution >= 4 is 38.6 Å². The fraction of sp³-hybridized carbons (Fsp3) is 0.167. The summed E-state index contributed by atoms with van der Waals surface area (Å²) >= 11 is 7.14. The number of rotatable bonds is 5. The highest BCUT2D eigenvalue weighted by atomic mass is 35.5. The number of hydrogen-bond acceptors (Lipinski definition) is 4. The number of nitrogens with one attached hydrogen (secondary N) is 1. The van der Waals surface area contributed by atoms with Crippen LogP contribution in [0.25, 0.3) is 0 Å². The minimum atomic E-state index is -3.41. The minimum Gasteiger partial charge on any atom is -0.398 e. The molecule has 7 heteroatoms. The van der Waals surface area contributed by atoms with E-state index in [4.69, 9.17) is 17.3 Å². The third-order valence-electron chi connectivity index (χ3n) is 2.50. The number of nitrogen functional groups attached to an aromatic ring is 1. The molecule has 0 saturated carbocycles. The van der Waals surface area contributed by atoms with Gasteiger partial charge in [-0.3, -0.25) is 0 Å². The average molecular weight is 317 g/mol. The van der Waals surface area contributed by atoms with Gasteiger partial charge in [0.2, 0.25) is 10.0 Å². The van der Waals surface area contributed by atoms with Crippen molar-refractivity contribution in [2.45, 2.75) is 12.3 Å². The predicted molar refractivity (Wildman–Crippen MR) is 79.6 cm³/mol. The molecule has 0 bridgehead atoms. The van der Waals surface area contributed by atoms with Crippen LogP contribution >= 0.6 is 22.9 Å². The van der Waals surface area contributed by atoms with Crippen LogP contribution in [0.15, 0.2) is 36.4 Å². The number of thiophene rings is 1. The summed E-state index contributed by atoms with van der Waals surface area (Å²) in [6.07, 6.45) is 0. The summed E-state index contributed by atoms with van der Waals surface area (Å²) in [4.78, 5) is 0.870. The van der Waals surface area contributed by atoms with E-state index in [9.17, 15) is 8.42 Å². The van der Waals surface area contributed by atoms with E-state index < -0.39 is 10.0 Å². The van der Waals surface area contributed by atoms with Crippen LogP contribution in [-0.4, -0.2) is 8.42 Å². The molecule has 2 aromatic rings. The second kappa shape index (κ2) is 5.92. The van der Waals surface area contributed by atoms with Crippen LogP contribution in [0.1, 0.15) is 10.4 Å². The van der Waals surface area contributed by atoms with Crippen molar-refractivity contribution < 1.29 is 8.42 Å². The van der Waals surface area contributed by atoms with Gasteiger partial charge in [-0.05, 0) is 23.8 Å². The quantitative estimate of drug-likeness (QED) is 0.833. The van der Waals surface area contributed by atoms with Crippen molar-refractivity contribution in [2.75, 3.05) is 5.73 Å². The van der Waals surface area contributed by atoms with Gasteiger partial charge in [0, 0.05) is 17.1 Å². The maximum absolute atomic E-state index is 11.9. The van der Waals surface area contributed by atoms with Crippen molar-refractivity contribution in [1.82, 2.24) is 4.72 Å². The van der Waals surface area contributed by atoms with Crippen LogP contribution in [0, 0.1) is 0 Å². The molecule has 3 N–H and O–H groups in total. The van der Waals surface area contributed by atoms with Crippen LogP contribution < -0.4 is 10.5 Å². The van der Waals surface area contributed by atoms with Gasteiger partial charge in [-0.25, -0.2) is 13.1 Å². The van der Waals surface area contributed by atoms with Gasteiger partial charge in [0.05, 0.1) is 10.1 Å². The third kappa shape index (κ3) is 4.21. The smallest absolute Gasteiger partial charge is 0.216 e. The zero-order valence-corrected chi connectivity index (χ0v) is 12.4. The van der Waals surface area contributed by atoms with Crippen molar-refractivity contribution in [3.05, 3.63) is 51.2 Å². The van der Waals surface area contributed by atoms with Crippen molar-refractivity contribution in [3.8, 4) is 0 Å². The number of nitrogens with two attached hydrogens (primary N) is 1. The number of hydrogen-bond donors (Lipinski definition) is 2. The molecule has 1 heterocycles. The Kier molecular flexibility index (Phi) is 4.46. The highest BCUT2D eigenvalue weighted by molar-refractivity contribution is 7.88. The van der Waals surface area contributed by atoms with Crippen LogP contribution in [0.4, 0.5) is 5.69 Å². The lowest BCUT2D eigenvalue weighted by molar-refractivity contribution is 0.581. The Labute approximate surface area is 121 Å². The molecule has 0 saturated heterocycles. The summed E-state index contributed by atoms with van der Waals surface area (Å²) in [5, 5.41) is 0. The summed E-state index contributed by atoms with van der Waals surface area (Å²) in [5.74, 6) is -0.126. The van der Waals surface area contributed by atoms with Gasteiger partial charge in [-0.1, -0.05) is 29.8 Å². The highest BCUT2D eigenvalue weighted by Crippen LogP contribution is 2.21. The molecule has 0 amide bonds. The van der Waals surface area contributed by atoms with Gasteiger partial charge in [-0.15, -0.1) is 11.3 Å². The van der Waals surface area contributed by atoms with E-state index in [1.54, 1.807) is 36.4 Å². The van der Waals surface area contributed by atoms with E-state index in [-0.39, 0.29) is 12.3 Å². The van der Waals surface area contributed by atoms with Gasteiger partial charge in [0.15, 0.2) is 0 Å². The van der Waals surface area contributed by atoms with E-state index in [2.05, 4.69) is 4.72 Å². The van der Waals surface area contributed by atoms with Crippen molar-refractivity contribution in [2.24, 2.45) is 0 Å². The van der Waals surface area contributed by atoms with Gasteiger partial charge in [-0.2, -0.15) is 0 Å². The second-order valence-corrected chi connectivity index (χ2v) is 7.59. The zero-order valence-electron chi connectivity index (χ0n) is 9.97. The fourth-order valence-electron chi connectivity index (χ4n) is 1.55. The average Bonchev–Trinajstić information content (AvgIpc) is 2.76. The van der Waals surface area contributed by atoms with Crippen molar-refractivity contribution in [3.63, 3.8) is 0 Å². The molecule has 1 aromatic heterocycles. The summed E-state index contributed by atoms with van der Waals surface area (Å²) in [6.45, 7) is 0.243. The molecule has 0 radical (unpaired) electrons. The number of sulfonamides is 1. The lowest BCUT2D eigenvalue weighted by Gasteiger charge is -2.07. The monoisotopic (exact) mass is 316 g/mol. The van der Waals surface area contributed by atoms with E-state index in [0.29, 0.717) is 15.6 Å². The van der Waals surface area contributed by atoms with E-state index in [1.807, 2.05) is 0 Å². The molecule has 4 nitrogen and oxygen atoms in total. The van der Waals surface area contributed by atoms with Crippen LogP contribution in [0.5, 0.6) is 0 Å². The number of halogens is 1. The normalized spacial score (nSPS) is 11.6. The molecule has 0 atom stereocenters. The first-order valence-electron chi connectivity index (χ1n) is 5.51. The number of anilines is 1. The largest absolute Gasteiger partial charge is 0.398 e. The molecule has 0 fully saturated rings. The fourth-order valence-corrected chi connectivity index (χ4v) is 3.82. The maximum Gasteiger partial charge on any atom is 0.216 e. The van der Waals surface area contributed by atoms with E-state index >= 15 is 0 Å². The Balaban J connectivity index is 2.01. The van der Waals surface area contributed by atoms with Crippen LogP contribution in [-0.2, 0) is 22.3 Å². The summed E-state index contributed by atoms with van der Waals surface area (Å²) < 4.78 is 27.0. The first-order valence-corrected chi connectivity index (χ1v) is 8.36. The maximum atomic E-state index is 11.9. The summed E-state index contributed by atoms with van der Waals surface area (Å²) in [6, 6.07) is 10.5. The topological polar surface area (TPSA) is 72.2 Å². The summed E-state index contributed by atoms with van der Waals surface area (Å²) in [7, 11) is -3.41. The molecular formula is C12H13ClN2O2S2. The van der Waals surface area contributed by atoms with Crippen LogP contribution in [0.3, 0.4) is 0 Å². The number of benzene rings is 1. The Bertz CT molecular complexity index is 668. The zero-order chi connectivity index (χ0) is 13.9. The second-order valence-electron chi connectivity index (χ2n) is 3.98. The molecule has 0 aliphatic heterocycles. The first-order chi connectivity index (χ1) is 8.96. The Morgan fingerprint density at radius 1 is 1.21 bits per heavy atom. The Morgan fingerprint density at radius 2 is 1.95 bits per heavy atom. The van der Waals surface area contributed by atoms with Gasteiger partial charge >= 0.3 is 0 Å². The molecule has 0 aliphatic rings. The van der Waals surface area contributed by atoms with Crippen LogP contribution in [0.2, 0.25) is 4.34 Å². The lowest BCUT2D eigenvalue weighted by atomic mass is 10.2. The minimum absolute atomic E-state index is 0.126. The lowest BCUT2D eigenvalue weighted by Crippen LogP contribution is -2.24. The summed E-state index contributed by atoms with van der Waals surface area (Å²) in [5.41, 5.74) is 6.81. The van der Waals surface area contributed by atoms with E-state index in [1.165, 1.54) is 11.3 Å². The molecule has 1 aromatic carbocycles. The molecule has 0 unspecified atom stereocenters. The predicted octanol–water partition coefficient (Wildman–Crippen LogP) is 2.60. The Hall–Kier alpha value is -1.08. The van der Waals surface area contributed by atoms with Crippen molar-refractivity contribution in [1.29, 1.82) is 0 Å². The first kappa shape index (κ1) is 14.3. The van der Waals surface area contributed by atoms with Gasteiger partial charge < -0.3 is 5.73 Å². The van der Waals surface area contributed by atoms with E-state index in [0.717, 1.165) is 4.88 Å². The Morgan fingerprint density at radius 3 is 2.58 bits per heavy atom. The highest BCUT2D eigenvalue weighted by Gasteiger charge is 2.13. The SMILES string of the molecule is Nc1ccccc1CS(=O)(=O)NCc1ccc(Cl)s1. The van der Waals surface area contributed by atoms with Gasteiger partial charge in [0.25, 0.3) is 0 Å². The number of para-hydroxylation sites is 1. The molecule has 0 aliphatic carbocycles. The molecular weight excluding hydrogens is 304 g/mol. The third-order valence-corrected chi connectivity index (χ3v) is 5.00. The molecule has 19 heavy (non-hydrogen) atoms. The molecule has 2 rings (SSSR count). The van der Waals surface area contributed by atoms with Gasteiger partial charge in [0.1, 0.15) is 0 Å².